The zero-order chi connectivity index (χ0) is 19.1. The SMILES string of the molecule is CN=C(NCCN1CCN(C(C)=O)CC1)NC1CCN(c2ccccc2)C1.I. The molecule has 156 valence electrons. The highest BCUT2D eigenvalue weighted by atomic mass is 127. The molecule has 7 nitrogen and oxygen atoms in total. The first-order chi connectivity index (χ1) is 13.2. The topological polar surface area (TPSA) is 63.2 Å². The van der Waals surface area contributed by atoms with Crippen molar-refractivity contribution in [2.75, 3.05) is 64.3 Å². The molecule has 2 saturated heterocycles. The Bertz CT molecular complexity index is 633. The van der Waals surface area contributed by atoms with Gasteiger partial charge in [-0.2, -0.15) is 0 Å². The average molecular weight is 500 g/mol. The molecule has 28 heavy (non-hydrogen) atoms. The second kappa shape index (κ2) is 11.5. The third-order valence-corrected chi connectivity index (χ3v) is 5.41. The van der Waals surface area contributed by atoms with Gasteiger partial charge in [0.2, 0.25) is 5.91 Å². The van der Waals surface area contributed by atoms with Crippen molar-refractivity contribution in [1.82, 2.24) is 20.4 Å². The first kappa shape index (κ1) is 22.7. The third kappa shape index (κ3) is 6.51. The molecule has 0 saturated carbocycles. The molecule has 2 heterocycles. The molecule has 2 N–H and O–H groups in total. The number of benzene rings is 1. The van der Waals surface area contributed by atoms with Crippen molar-refractivity contribution in [3.63, 3.8) is 0 Å². The number of carbonyl (C=O) groups is 1. The molecule has 2 fully saturated rings. The second-order valence-electron chi connectivity index (χ2n) is 7.26. The molecule has 1 amide bonds. The Kier molecular flexibility index (Phi) is 9.30. The lowest BCUT2D eigenvalue weighted by Crippen LogP contribution is -2.51. The van der Waals surface area contributed by atoms with Crippen LogP contribution in [0, 0.1) is 0 Å². The van der Waals surface area contributed by atoms with E-state index >= 15 is 0 Å². The van der Waals surface area contributed by atoms with Gasteiger partial charge in [0.25, 0.3) is 0 Å². The standard InChI is InChI=1S/C20H32N6O.HI/c1-17(27)25-14-12-24(13-15-25)11-9-22-20(21-2)23-18-8-10-26(16-18)19-6-4-3-5-7-19;/h3-7,18H,8-16H2,1-2H3,(H2,21,22,23);1H. The van der Waals surface area contributed by atoms with Crippen LogP contribution in [-0.4, -0.2) is 87.1 Å². The fourth-order valence-corrected chi connectivity index (χ4v) is 3.76. The normalized spacial score (nSPS) is 20.6. The summed E-state index contributed by atoms with van der Waals surface area (Å²) in [5.41, 5.74) is 1.29. The lowest BCUT2D eigenvalue weighted by atomic mass is 10.2. The van der Waals surface area contributed by atoms with Gasteiger partial charge in [0.15, 0.2) is 5.96 Å². The largest absolute Gasteiger partial charge is 0.369 e. The third-order valence-electron chi connectivity index (χ3n) is 5.41. The highest BCUT2D eigenvalue weighted by Gasteiger charge is 2.23. The maximum atomic E-state index is 11.4. The van der Waals surface area contributed by atoms with E-state index < -0.39 is 0 Å². The summed E-state index contributed by atoms with van der Waals surface area (Å²) in [6, 6.07) is 11.0. The number of halogens is 1. The summed E-state index contributed by atoms with van der Waals surface area (Å²) in [5.74, 6) is 1.05. The molecule has 0 spiro atoms. The highest BCUT2D eigenvalue weighted by Crippen LogP contribution is 2.19. The van der Waals surface area contributed by atoms with Crippen LogP contribution in [0.25, 0.3) is 0 Å². The van der Waals surface area contributed by atoms with Crippen LogP contribution in [0.2, 0.25) is 0 Å². The van der Waals surface area contributed by atoms with Crippen LogP contribution in [0.5, 0.6) is 0 Å². The molecule has 2 aliphatic heterocycles. The molecule has 1 unspecified atom stereocenters. The van der Waals surface area contributed by atoms with Crippen molar-refractivity contribution < 1.29 is 4.79 Å². The maximum absolute atomic E-state index is 11.4. The molecule has 0 aromatic heterocycles. The van der Waals surface area contributed by atoms with Crippen molar-refractivity contribution in [1.29, 1.82) is 0 Å². The summed E-state index contributed by atoms with van der Waals surface area (Å²) in [4.78, 5) is 22.5. The Morgan fingerprint density at radius 3 is 2.50 bits per heavy atom. The van der Waals surface area contributed by atoms with Gasteiger partial charge in [-0.1, -0.05) is 18.2 Å². The molecule has 1 atom stereocenters. The molecular weight excluding hydrogens is 467 g/mol. The van der Waals surface area contributed by atoms with Gasteiger partial charge in [0.1, 0.15) is 0 Å². The molecular formula is C20H33IN6O. The Balaban J connectivity index is 0.00000280. The first-order valence-corrected chi connectivity index (χ1v) is 9.91. The monoisotopic (exact) mass is 500 g/mol. The lowest BCUT2D eigenvalue weighted by Gasteiger charge is -2.34. The van der Waals surface area contributed by atoms with Gasteiger partial charge in [0.05, 0.1) is 0 Å². The van der Waals surface area contributed by atoms with Gasteiger partial charge in [-0.15, -0.1) is 24.0 Å². The van der Waals surface area contributed by atoms with Crippen LogP contribution >= 0.6 is 24.0 Å². The number of carbonyl (C=O) groups excluding carboxylic acids is 1. The first-order valence-electron chi connectivity index (χ1n) is 9.91. The van der Waals surface area contributed by atoms with Crippen LogP contribution in [0.1, 0.15) is 13.3 Å². The van der Waals surface area contributed by atoms with Crippen molar-refractivity contribution in [2.24, 2.45) is 4.99 Å². The van der Waals surface area contributed by atoms with E-state index in [0.29, 0.717) is 6.04 Å². The van der Waals surface area contributed by atoms with Gasteiger partial charge in [0, 0.05) is 78.1 Å². The molecule has 1 aromatic carbocycles. The molecule has 1 aromatic rings. The van der Waals surface area contributed by atoms with Crippen LogP contribution in [0.4, 0.5) is 5.69 Å². The minimum atomic E-state index is 0. The van der Waals surface area contributed by atoms with Crippen LogP contribution in [0.3, 0.4) is 0 Å². The Hall–Kier alpha value is -1.55. The number of anilines is 1. The number of hydrogen-bond donors (Lipinski definition) is 2. The number of amides is 1. The number of hydrogen-bond acceptors (Lipinski definition) is 4. The van der Waals surface area contributed by atoms with E-state index in [1.165, 1.54) is 5.69 Å². The highest BCUT2D eigenvalue weighted by molar-refractivity contribution is 14.0. The predicted molar refractivity (Wildman–Crippen MR) is 126 cm³/mol. The second-order valence-corrected chi connectivity index (χ2v) is 7.26. The Morgan fingerprint density at radius 2 is 1.86 bits per heavy atom. The number of piperazine rings is 1. The number of aliphatic imine (C=N–C) groups is 1. The molecule has 2 aliphatic rings. The van der Waals surface area contributed by atoms with E-state index in [9.17, 15) is 4.79 Å². The quantitative estimate of drug-likeness (QED) is 0.362. The number of guanidine groups is 1. The summed E-state index contributed by atoms with van der Waals surface area (Å²) < 4.78 is 0. The molecule has 3 rings (SSSR count). The smallest absolute Gasteiger partial charge is 0.219 e. The number of para-hydroxylation sites is 1. The minimum Gasteiger partial charge on any atom is -0.369 e. The van der Waals surface area contributed by atoms with E-state index in [1.807, 2.05) is 11.9 Å². The zero-order valence-corrected chi connectivity index (χ0v) is 19.3. The van der Waals surface area contributed by atoms with E-state index in [0.717, 1.165) is 64.7 Å². The van der Waals surface area contributed by atoms with Crippen molar-refractivity contribution >= 4 is 41.5 Å². The summed E-state index contributed by atoms with van der Waals surface area (Å²) in [5, 5.41) is 6.98. The summed E-state index contributed by atoms with van der Waals surface area (Å²) >= 11 is 0. The van der Waals surface area contributed by atoms with E-state index in [-0.39, 0.29) is 29.9 Å². The van der Waals surface area contributed by atoms with Crippen LogP contribution in [-0.2, 0) is 4.79 Å². The summed E-state index contributed by atoms with van der Waals surface area (Å²) in [7, 11) is 1.82. The molecule has 0 radical (unpaired) electrons. The van der Waals surface area contributed by atoms with Gasteiger partial charge in [-0.3, -0.25) is 14.7 Å². The lowest BCUT2D eigenvalue weighted by molar-refractivity contribution is -0.130. The zero-order valence-electron chi connectivity index (χ0n) is 16.9. The summed E-state index contributed by atoms with van der Waals surface area (Å²) in [6.45, 7) is 9.09. The van der Waals surface area contributed by atoms with Crippen molar-refractivity contribution in [3.05, 3.63) is 30.3 Å². The van der Waals surface area contributed by atoms with Gasteiger partial charge in [-0.05, 0) is 18.6 Å². The van der Waals surface area contributed by atoms with Gasteiger partial charge in [-0.25, -0.2) is 0 Å². The van der Waals surface area contributed by atoms with E-state index in [2.05, 4.69) is 55.8 Å². The van der Waals surface area contributed by atoms with Crippen LogP contribution in [0.15, 0.2) is 35.3 Å². The fourth-order valence-electron chi connectivity index (χ4n) is 3.76. The minimum absolute atomic E-state index is 0. The molecule has 0 bridgehead atoms. The van der Waals surface area contributed by atoms with Crippen LogP contribution < -0.4 is 15.5 Å². The Morgan fingerprint density at radius 1 is 1.14 bits per heavy atom. The summed E-state index contributed by atoms with van der Waals surface area (Å²) in [6.07, 6.45) is 1.11. The number of nitrogens with one attached hydrogen (secondary N) is 2. The van der Waals surface area contributed by atoms with Gasteiger partial charge >= 0.3 is 0 Å². The number of rotatable bonds is 5. The van der Waals surface area contributed by atoms with Crippen molar-refractivity contribution in [3.8, 4) is 0 Å². The van der Waals surface area contributed by atoms with E-state index in [4.69, 9.17) is 0 Å². The Labute approximate surface area is 185 Å². The maximum Gasteiger partial charge on any atom is 0.219 e. The molecule has 8 heteroatoms. The predicted octanol–water partition coefficient (Wildman–Crippen LogP) is 1.21. The number of nitrogens with zero attached hydrogens (tertiary/aromatic N) is 4. The molecule has 0 aliphatic carbocycles. The average Bonchev–Trinajstić information content (AvgIpc) is 3.17. The van der Waals surface area contributed by atoms with Gasteiger partial charge < -0.3 is 20.4 Å². The fraction of sp³-hybridized carbons (Fsp3) is 0.600. The van der Waals surface area contributed by atoms with E-state index in [1.54, 1.807) is 6.92 Å². The van der Waals surface area contributed by atoms with Crippen molar-refractivity contribution in [2.45, 2.75) is 19.4 Å².